The largest absolute Gasteiger partial charge is 0.460 e. The van der Waals surface area contributed by atoms with Gasteiger partial charge in [0.2, 0.25) is 5.91 Å². The third-order valence-electron chi connectivity index (χ3n) is 3.93. The van der Waals surface area contributed by atoms with Crippen LogP contribution in [0, 0.1) is 0 Å². The lowest BCUT2D eigenvalue weighted by atomic mass is 9.93. The van der Waals surface area contributed by atoms with E-state index in [-0.39, 0.29) is 18.1 Å². The summed E-state index contributed by atoms with van der Waals surface area (Å²) in [6, 6.07) is 4.36. The second kappa shape index (κ2) is 9.01. The van der Waals surface area contributed by atoms with Crippen molar-refractivity contribution in [2.45, 2.75) is 42.7 Å². The molecule has 132 valence electrons. The fourth-order valence-corrected chi connectivity index (χ4v) is 3.48. The molecule has 8 heteroatoms. The maximum Gasteiger partial charge on any atom is 0.316 e. The number of carbonyl (C=O) groups excluding carboxylic acids is 1. The van der Waals surface area contributed by atoms with Gasteiger partial charge >= 0.3 is 6.01 Å². The van der Waals surface area contributed by atoms with Crippen LogP contribution >= 0.6 is 23.4 Å². The summed E-state index contributed by atoms with van der Waals surface area (Å²) in [6.45, 7) is 0. The van der Waals surface area contributed by atoms with Crippen molar-refractivity contribution in [3.63, 3.8) is 0 Å². The summed E-state index contributed by atoms with van der Waals surface area (Å²) in [5.41, 5.74) is 0. The van der Waals surface area contributed by atoms with Crippen molar-refractivity contribution in [1.82, 2.24) is 20.3 Å². The van der Waals surface area contributed by atoms with Crippen LogP contribution in [0.1, 0.15) is 25.7 Å². The van der Waals surface area contributed by atoms with Crippen molar-refractivity contribution < 1.29 is 9.53 Å². The summed E-state index contributed by atoms with van der Waals surface area (Å²) in [5, 5.41) is 3.59. The molecule has 2 aromatic rings. The molecule has 1 aliphatic carbocycles. The van der Waals surface area contributed by atoms with E-state index in [4.69, 9.17) is 16.3 Å². The Labute approximate surface area is 155 Å². The second-order valence-corrected chi connectivity index (χ2v) is 7.30. The first-order valence-corrected chi connectivity index (χ1v) is 9.52. The first-order valence-electron chi connectivity index (χ1n) is 8.15. The molecule has 0 aliphatic heterocycles. The van der Waals surface area contributed by atoms with Gasteiger partial charge in [-0.2, -0.15) is 0 Å². The molecule has 0 unspecified atom stereocenters. The van der Waals surface area contributed by atoms with E-state index < -0.39 is 0 Å². The molecule has 1 saturated carbocycles. The molecule has 1 N–H and O–H groups in total. The van der Waals surface area contributed by atoms with Gasteiger partial charge < -0.3 is 10.1 Å². The number of nitrogens with zero attached hydrogens (tertiary/aromatic N) is 3. The lowest BCUT2D eigenvalue weighted by Crippen LogP contribution is -2.40. The van der Waals surface area contributed by atoms with E-state index in [1.807, 2.05) is 12.1 Å². The van der Waals surface area contributed by atoms with Gasteiger partial charge in [-0.1, -0.05) is 11.6 Å². The van der Waals surface area contributed by atoms with Gasteiger partial charge in [-0.15, -0.1) is 11.8 Å². The highest BCUT2D eigenvalue weighted by Crippen LogP contribution is 2.23. The summed E-state index contributed by atoms with van der Waals surface area (Å²) in [5.74, 6) is 0.478. The van der Waals surface area contributed by atoms with Gasteiger partial charge in [0.1, 0.15) is 6.10 Å². The van der Waals surface area contributed by atoms with E-state index in [0.717, 1.165) is 30.6 Å². The Morgan fingerprint density at radius 1 is 1.20 bits per heavy atom. The molecule has 2 aromatic heterocycles. The van der Waals surface area contributed by atoms with E-state index in [1.165, 1.54) is 24.2 Å². The minimum absolute atomic E-state index is 0.0622. The SMILES string of the molecule is O=C(CSc1ccncc1)NC1CCC(Oc2ncc(Cl)cn2)CC1. The van der Waals surface area contributed by atoms with Crippen molar-refractivity contribution in [2.24, 2.45) is 0 Å². The predicted molar refractivity (Wildman–Crippen MR) is 96.8 cm³/mol. The summed E-state index contributed by atoms with van der Waals surface area (Å²) in [4.78, 5) is 25.2. The number of amides is 1. The molecule has 0 radical (unpaired) electrons. The molecule has 0 atom stereocenters. The average molecular weight is 379 g/mol. The molecule has 25 heavy (non-hydrogen) atoms. The zero-order valence-corrected chi connectivity index (χ0v) is 15.2. The Morgan fingerprint density at radius 2 is 1.88 bits per heavy atom. The quantitative estimate of drug-likeness (QED) is 0.778. The van der Waals surface area contributed by atoms with E-state index in [2.05, 4.69) is 20.3 Å². The maximum absolute atomic E-state index is 12.1. The Morgan fingerprint density at radius 3 is 2.56 bits per heavy atom. The molecule has 0 saturated heterocycles. The normalized spacial score (nSPS) is 20.0. The molecule has 2 heterocycles. The number of pyridine rings is 1. The molecule has 1 aliphatic rings. The van der Waals surface area contributed by atoms with Gasteiger partial charge in [0.05, 0.1) is 23.2 Å². The average Bonchev–Trinajstić information content (AvgIpc) is 2.64. The number of aromatic nitrogens is 3. The molecule has 0 aromatic carbocycles. The molecular weight excluding hydrogens is 360 g/mol. The summed E-state index contributed by atoms with van der Waals surface area (Å²) in [6.07, 6.45) is 10.1. The van der Waals surface area contributed by atoms with E-state index >= 15 is 0 Å². The van der Waals surface area contributed by atoms with Crippen LogP contribution in [-0.2, 0) is 4.79 Å². The predicted octanol–water partition coefficient (Wildman–Crippen LogP) is 3.12. The lowest BCUT2D eigenvalue weighted by Gasteiger charge is -2.28. The van der Waals surface area contributed by atoms with E-state index in [9.17, 15) is 4.79 Å². The van der Waals surface area contributed by atoms with E-state index in [0.29, 0.717) is 16.8 Å². The highest BCUT2D eigenvalue weighted by Gasteiger charge is 2.24. The molecule has 0 spiro atoms. The van der Waals surface area contributed by atoms with Gasteiger partial charge in [-0.3, -0.25) is 9.78 Å². The van der Waals surface area contributed by atoms with Gasteiger partial charge in [0.15, 0.2) is 0 Å². The van der Waals surface area contributed by atoms with Crippen molar-refractivity contribution in [3.05, 3.63) is 41.9 Å². The minimum atomic E-state index is 0.0622. The number of carbonyl (C=O) groups is 1. The molecule has 0 bridgehead atoms. The van der Waals surface area contributed by atoms with Crippen LogP contribution in [0.5, 0.6) is 6.01 Å². The fourth-order valence-electron chi connectivity index (χ4n) is 2.69. The van der Waals surface area contributed by atoms with Crippen LogP contribution in [0.4, 0.5) is 0 Å². The van der Waals surface area contributed by atoms with Crippen molar-refractivity contribution >= 4 is 29.3 Å². The molecule has 1 fully saturated rings. The number of halogens is 1. The van der Waals surface area contributed by atoms with Crippen LogP contribution in [-0.4, -0.2) is 38.8 Å². The summed E-state index contributed by atoms with van der Waals surface area (Å²) in [7, 11) is 0. The Kier molecular flexibility index (Phi) is 6.47. The second-order valence-electron chi connectivity index (χ2n) is 5.81. The Bertz CT molecular complexity index is 679. The van der Waals surface area contributed by atoms with Crippen molar-refractivity contribution in [3.8, 4) is 6.01 Å². The Balaban J connectivity index is 1.37. The number of nitrogens with one attached hydrogen (secondary N) is 1. The first kappa shape index (κ1) is 17.9. The van der Waals surface area contributed by atoms with E-state index in [1.54, 1.807) is 12.4 Å². The highest BCUT2D eigenvalue weighted by atomic mass is 35.5. The molecular formula is C17H19ClN4O2S. The monoisotopic (exact) mass is 378 g/mol. The Hall–Kier alpha value is -1.86. The molecule has 3 rings (SSSR count). The van der Waals surface area contributed by atoms with Gasteiger partial charge in [-0.05, 0) is 37.8 Å². The number of hydrogen-bond donors (Lipinski definition) is 1. The van der Waals surface area contributed by atoms with Crippen molar-refractivity contribution in [1.29, 1.82) is 0 Å². The zero-order chi connectivity index (χ0) is 17.5. The van der Waals surface area contributed by atoms with Crippen LogP contribution in [0.2, 0.25) is 5.02 Å². The smallest absolute Gasteiger partial charge is 0.316 e. The summed E-state index contributed by atoms with van der Waals surface area (Å²) >= 11 is 7.28. The van der Waals surface area contributed by atoms with Gasteiger partial charge in [-0.25, -0.2) is 9.97 Å². The highest BCUT2D eigenvalue weighted by molar-refractivity contribution is 8.00. The topological polar surface area (TPSA) is 77.0 Å². The third-order valence-corrected chi connectivity index (χ3v) is 5.13. The van der Waals surface area contributed by atoms with Crippen LogP contribution in [0.15, 0.2) is 41.8 Å². The zero-order valence-electron chi connectivity index (χ0n) is 13.6. The van der Waals surface area contributed by atoms with Crippen LogP contribution in [0.25, 0.3) is 0 Å². The first-order chi connectivity index (χ1) is 12.2. The number of rotatable bonds is 6. The molecule has 1 amide bonds. The van der Waals surface area contributed by atoms with Crippen LogP contribution < -0.4 is 10.1 Å². The van der Waals surface area contributed by atoms with Gasteiger partial charge in [0, 0.05) is 23.3 Å². The summed E-state index contributed by atoms with van der Waals surface area (Å²) < 4.78 is 5.77. The lowest BCUT2D eigenvalue weighted by molar-refractivity contribution is -0.119. The molecule has 6 nitrogen and oxygen atoms in total. The van der Waals surface area contributed by atoms with Gasteiger partial charge in [0.25, 0.3) is 0 Å². The number of hydrogen-bond acceptors (Lipinski definition) is 6. The maximum atomic E-state index is 12.1. The third kappa shape index (κ3) is 5.86. The number of thioether (sulfide) groups is 1. The standard InChI is InChI=1S/C17H19ClN4O2S/c18-12-9-20-17(21-10-12)24-14-3-1-13(2-4-14)22-16(23)11-25-15-5-7-19-8-6-15/h5-10,13-14H,1-4,11H2,(H,22,23). The van der Waals surface area contributed by atoms with Crippen molar-refractivity contribution in [2.75, 3.05) is 5.75 Å². The fraction of sp³-hybridized carbons (Fsp3) is 0.412. The number of ether oxygens (including phenoxy) is 1. The van der Waals surface area contributed by atoms with Crippen LogP contribution in [0.3, 0.4) is 0 Å². The minimum Gasteiger partial charge on any atom is -0.460 e.